The van der Waals surface area contributed by atoms with Crippen molar-refractivity contribution >= 4 is 0 Å². The van der Waals surface area contributed by atoms with E-state index in [1.807, 2.05) is 0 Å². The second-order valence-corrected chi connectivity index (χ2v) is 6.28. The van der Waals surface area contributed by atoms with Crippen LogP contribution < -0.4 is 5.32 Å². The average molecular weight is 245 g/mol. The highest BCUT2D eigenvalue weighted by atomic mass is 14.9. The van der Waals surface area contributed by atoms with Crippen LogP contribution >= 0.6 is 0 Å². The molecule has 100 valence electrons. The molecule has 18 heavy (non-hydrogen) atoms. The normalized spacial score (nSPS) is 17.8. The standard InChI is InChI=1S/C17H27N/c1-13(2)11-15-7-9-16(10-8-15)12-18-14(3)17-5-4-6-17/h7-10,13-14,17-18H,4-6,11-12H2,1-3H3. The molecule has 0 bridgehead atoms. The van der Waals surface area contributed by atoms with Gasteiger partial charge in [-0.15, -0.1) is 0 Å². The van der Waals surface area contributed by atoms with E-state index in [1.54, 1.807) is 0 Å². The van der Waals surface area contributed by atoms with Gasteiger partial charge in [-0.25, -0.2) is 0 Å². The summed E-state index contributed by atoms with van der Waals surface area (Å²) >= 11 is 0. The molecule has 2 rings (SSSR count). The zero-order chi connectivity index (χ0) is 13.0. The van der Waals surface area contributed by atoms with Crippen molar-refractivity contribution in [3.8, 4) is 0 Å². The summed E-state index contributed by atoms with van der Waals surface area (Å²) in [5, 5.41) is 3.66. The van der Waals surface area contributed by atoms with E-state index in [2.05, 4.69) is 50.4 Å². The van der Waals surface area contributed by atoms with E-state index in [0.29, 0.717) is 6.04 Å². The van der Waals surface area contributed by atoms with Crippen LogP contribution in [-0.4, -0.2) is 6.04 Å². The molecule has 1 unspecified atom stereocenters. The van der Waals surface area contributed by atoms with Gasteiger partial charge in [0.2, 0.25) is 0 Å². The predicted octanol–water partition coefficient (Wildman–Crippen LogP) is 4.16. The van der Waals surface area contributed by atoms with Crippen LogP contribution in [0.4, 0.5) is 0 Å². The smallest absolute Gasteiger partial charge is 0.0208 e. The highest BCUT2D eigenvalue weighted by Crippen LogP contribution is 2.29. The number of rotatable bonds is 6. The quantitative estimate of drug-likeness (QED) is 0.793. The molecule has 0 amide bonds. The second-order valence-electron chi connectivity index (χ2n) is 6.28. The Kier molecular flexibility index (Phi) is 4.82. The molecule has 0 spiro atoms. The van der Waals surface area contributed by atoms with Gasteiger partial charge in [-0.3, -0.25) is 0 Å². The number of benzene rings is 1. The van der Waals surface area contributed by atoms with Crippen molar-refractivity contribution in [2.45, 2.75) is 59.0 Å². The maximum atomic E-state index is 3.66. The largest absolute Gasteiger partial charge is 0.310 e. The van der Waals surface area contributed by atoms with Crippen LogP contribution in [-0.2, 0) is 13.0 Å². The maximum Gasteiger partial charge on any atom is 0.0208 e. The van der Waals surface area contributed by atoms with Gasteiger partial charge in [-0.05, 0) is 49.1 Å². The van der Waals surface area contributed by atoms with Crippen LogP contribution in [0.25, 0.3) is 0 Å². The zero-order valence-electron chi connectivity index (χ0n) is 12.1. The molecule has 1 aromatic carbocycles. The summed E-state index contributed by atoms with van der Waals surface area (Å²) in [6.07, 6.45) is 5.45. The SMILES string of the molecule is CC(C)Cc1ccc(CNC(C)C2CCC2)cc1. The topological polar surface area (TPSA) is 12.0 Å². The summed E-state index contributed by atoms with van der Waals surface area (Å²) in [5.74, 6) is 1.66. The first-order valence-electron chi connectivity index (χ1n) is 7.46. The van der Waals surface area contributed by atoms with Gasteiger partial charge in [0.05, 0.1) is 0 Å². The van der Waals surface area contributed by atoms with Crippen LogP contribution in [0.1, 0.15) is 51.2 Å². The van der Waals surface area contributed by atoms with Gasteiger partial charge in [0.15, 0.2) is 0 Å². The van der Waals surface area contributed by atoms with Crippen LogP contribution in [0, 0.1) is 11.8 Å². The average Bonchev–Trinajstić information content (AvgIpc) is 2.25. The molecule has 1 N–H and O–H groups in total. The summed E-state index contributed by atoms with van der Waals surface area (Å²) in [6.45, 7) is 7.89. The van der Waals surface area contributed by atoms with Crippen LogP contribution in [0.5, 0.6) is 0 Å². The molecule has 0 heterocycles. The molecule has 1 heteroatoms. The number of nitrogens with one attached hydrogen (secondary N) is 1. The lowest BCUT2D eigenvalue weighted by Gasteiger charge is -2.32. The van der Waals surface area contributed by atoms with E-state index in [4.69, 9.17) is 0 Å². The van der Waals surface area contributed by atoms with E-state index >= 15 is 0 Å². The summed E-state index contributed by atoms with van der Waals surface area (Å²) in [4.78, 5) is 0. The molecule has 1 fully saturated rings. The van der Waals surface area contributed by atoms with Gasteiger partial charge in [-0.2, -0.15) is 0 Å². The van der Waals surface area contributed by atoms with Gasteiger partial charge in [0.1, 0.15) is 0 Å². The first kappa shape index (κ1) is 13.6. The van der Waals surface area contributed by atoms with E-state index in [-0.39, 0.29) is 0 Å². The van der Waals surface area contributed by atoms with E-state index in [9.17, 15) is 0 Å². The van der Waals surface area contributed by atoms with Crippen LogP contribution in [0.15, 0.2) is 24.3 Å². The monoisotopic (exact) mass is 245 g/mol. The van der Waals surface area contributed by atoms with Crippen molar-refractivity contribution in [1.29, 1.82) is 0 Å². The van der Waals surface area contributed by atoms with Crippen LogP contribution in [0.3, 0.4) is 0 Å². The van der Waals surface area contributed by atoms with Crippen molar-refractivity contribution in [1.82, 2.24) is 5.32 Å². The third kappa shape index (κ3) is 3.84. The Bertz CT molecular complexity index is 348. The highest BCUT2D eigenvalue weighted by Gasteiger charge is 2.23. The van der Waals surface area contributed by atoms with Gasteiger partial charge >= 0.3 is 0 Å². The summed E-state index contributed by atoms with van der Waals surface area (Å²) in [5.41, 5.74) is 2.87. The Labute approximate surface area is 112 Å². The van der Waals surface area contributed by atoms with Crippen molar-refractivity contribution in [2.24, 2.45) is 11.8 Å². The molecule has 0 radical (unpaired) electrons. The Balaban J connectivity index is 1.78. The maximum absolute atomic E-state index is 3.66. The number of hydrogen-bond donors (Lipinski definition) is 1. The second kappa shape index (κ2) is 6.38. The third-order valence-corrected chi connectivity index (χ3v) is 4.15. The first-order chi connectivity index (χ1) is 8.65. The Morgan fingerprint density at radius 2 is 1.67 bits per heavy atom. The third-order valence-electron chi connectivity index (χ3n) is 4.15. The minimum atomic E-state index is 0.675. The first-order valence-corrected chi connectivity index (χ1v) is 7.46. The van der Waals surface area contributed by atoms with Gasteiger partial charge in [0, 0.05) is 12.6 Å². The molecule has 0 saturated heterocycles. The van der Waals surface area contributed by atoms with E-state index < -0.39 is 0 Å². The lowest BCUT2D eigenvalue weighted by Crippen LogP contribution is -2.36. The molecule has 1 aliphatic rings. The molecule has 0 aliphatic heterocycles. The molecule has 1 atom stereocenters. The summed E-state index contributed by atoms with van der Waals surface area (Å²) in [7, 11) is 0. The van der Waals surface area contributed by atoms with Crippen molar-refractivity contribution in [3.63, 3.8) is 0 Å². The highest BCUT2D eigenvalue weighted by molar-refractivity contribution is 5.22. The van der Waals surface area contributed by atoms with E-state index in [1.165, 1.54) is 36.8 Å². The van der Waals surface area contributed by atoms with Crippen molar-refractivity contribution < 1.29 is 0 Å². The molecule has 1 aliphatic carbocycles. The van der Waals surface area contributed by atoms with Gasteiger partial charge in [-0.1, -0.05) is 44.5 Å². The van der Waals surface area contributed by atoms with Gasteiger partial charge < -0.3 is 5.32 Å². The Morgan fingerprint density at radius 1 is 1.06 bits per heavy atom. The fourth-order valence-corrected chi connectivity index (χ4v) is 2.65. The summed E-state index contributed by atoms with van der Waals surface area (Å²) in [6, 6.07) is 9.79. The minimum Gasteiger partial charge on any atom is -0.310 e. The zero-order valence-corrected chi connectivity index (χ0v) is 12.1. The summed E-state index contributed by atoms with van der Waals surface area (Å²) < 4.78 is 0. The fourth-order valence-electron chi connectivity index (χ4n) is 2.65. The van der Waals surface area contributed by atoms with E-state index in [0.717, 1.165) is 18.4 Å². The van der Waals surface area contributed by atoms with Crippen LogP contribution in [0.2, 0.25) is 0 Å². The molecule has 1 aromatic rings. The molecule has 1 nitrogen and oxygen atoms in total. The Morgan fingerprint density at radius 3 is 2.17 bits per heavy atom. The van der Waals surface area contributed by atoms with Crippen molar-refractivity contribution in [3.05, 3.63) is 35.4 Å². The lowest BCUT2D eigenvalue weighted by atomic mass is 9.80. The van der Waals surface area contributed by atoms with Crippen molar-refractivity contribution in [2.75, 3.05) is 0 Å². The molecule has 1 saturated carbocycles. The predicted molar refractivity (Wildman–Crippen MR) is 78.6 cm³/mol. The number of hydrogen-bond acceptors (Lipinski definition) is 1. The molecule has 0 aromatic heterocycles. The lowest BCUT2D eigenvalue weighted by molar-refractivity contribution is 0.240. The fraction of sp³-hybridized carbons (Fsp3) is 0.647. The molecular weight excluding hydrogens is 218 g/mol. The minimum absolute atomic E-state index is 0.675. The molecular formula is C17H27N. The Hall–Kier alpha value is -0.820. The van der Waals surface area contributed by atoms with Gasteiger partial charge in [0.25, 0.3) is 0 Å².